The standard InChI is InChI=1S/C23H26N2O5S/c26-23(24-10-4-1-5-11-24)20-14-17-6-2-3-7-18(17)16-25(20)31(27,28)19-8-9-21-22(15-19)30-13-12-29-21/h2-3,6-9,15,20H,1,4-5,10-14,16H2. The molecular weight excluding hydrogens is 416 g/mol. The van der Waals surface area contributed by atoms with Gasteiger partial charge in [-0.3, -0.25) is 4.79 Å². The summed E-state index contributed by atoms with van der Waals surface area (Å²) < 4.78 is 40.0. The van der Waals surface area contributed by atoms with Crippen LogP contribution in [0.1, 0.15) is 30.4 Å². The summed E-state index contributed by atoms with van der Waals surface area (Å²) in [7, 11) is -3.92. The van der Waals surface area contributed by atoms with E-state index in [4.69, 9.17) is 9.47 Å². The lowest BCUT2D eigenvalue weighted by Crippen LogP contribution is -2.54. The first-order chi connectivity index (χ1) is 15.0. The Morgan fingerprint density at radius 2 is 1.61 bits per heavy atom. The second-order valence-electron chi connectivity index (χ2n) is 8.23. The van der Waals surface area contributed by atoms with Gasteiger partial charge in [-0.2, -0.15) is 4.31 Å². The zero-order valence-electron chi connectivity index (χ0n) is 17.3. The molecule has 3 aliphatic heterocycles. The fraction of sp³-hybridized carbons (Fsp3) is 0.435. The van der Waals surface area contributed by atoms with Crippen molar-refractivity contribution in [1.82, 2.24) is 9.21 Å². The lowest BCUT2D eigenvalue weighted by molar-refractivity contribution is -0.136. The molecule has 31 heavy (non-hydrogen) atoms. The number of carbonyl (C=O) groups excluding carboxylic acids is 1. The van der Waals surface area contributed by atoms with E-state index in [1.165, 1.54) is 16.4 Å². The molecule has 0 radical (unpaired) electrons. The van der Waals surface area contributed by atoms with E-state index in [0.29, 0.717) is 44.2 Å². The molecule has 0 spiro atoms. The van der Waals surface area contributed by atoms with Gasteiger partial charge in [0.1, 0.15) is 19.3 Å². The van der Waals surface area contributed by atoms with Gasteiger partial charge >= 0.3 is 0 Å². The minimum Gasteiger partial charge on any atom is -0.486 e. The van der Waals surface area contributed by atoms with Gasteiger partial charge in [0, 0.05) is 25.7 Å². The monoisotopic (exact) mass is 442 g/mol. The summed E-state index contributed by atoms with van der Waals surface area (Å²) in [5, 5.41) is 0. The molecule has 8 heteroatoms. The second-order valence-corrected chi connectivity index (χ2v) is 10.1. The van der Waals surface area contributed by atoms with Gasteiger partial charge in [-0.05, 0) is 48.9 Å². The normalized spacial score (nSPS) is 21.4. The van der Waals surface area contributed by atoms with E-state index in [1.807, 2.05) is 29.2 Å². The molecule has 0 saturated carbocycles. The summed E-state index contributed by atoms with van der Waals surface area (Å²) >= 11 is 0. The predicted octanol–water partition coefficient (Wildman–Crippen LogP) is 2.59. The first-order valence-corrected chi connectivity index (χ1v) is 12.2. The van der Waals surface area contributed by atoms with Crippen molar-refractivity contribution < 1.29 is 22.7 Å². The van der Waals surface area contributed by atoms with Gasteiger partial charge < -0.3 is 14.4 Å². The molecule has 3 heterocycles. The molecule has 1 atom stereocenters. The highest BCUT2D eigenvalue weighted by Crippen LogP contribution is 2.36. The Balaban J connectivity index is 1.52. The van der Waals surface area contributed by atoms with E-state index < -0.39 is 16.1 Å². The Bertz CT molecular complexity index is 1090. The number of benzene rings is 2. The summed E-state index contributed by atoms with van der Waals surface area (Å²) in [5.41, 5.74) is 1.97. The van der Waals surface area contributed by atoms with Gasteiger partial charge in [-0.1, -0.05) is 24.3 Å². The molecule has 2 aromatic rings. The number of rotatable bonds is 3. The smallest absolute Gasteiger partial charge is 0.244 e. The molecule has 7 nitrogen and oxygen atoms in total. The number of ether oxygens (including phenoxy) is 2. The molecular formula is C23H26N2O5S. The molecule has 164 valence electrons. The molecule has 0 aromatic heterocycles. The SMILES string of the molecule is O=C(C1Cc2ccccc2CN1S(=O)(=O)c1ccc2c(c1)OCCO2)N1CCCCC1. The number of carbonyl (C=O) groups is 1. The zero-order valence-corrected chi connectivity index (χ0v) is 18.1. The number of fused-ring (bicyclic) bond motifs is 2. The molecule has 1 amide bonds. The van der Waals surface area contributed by atoms with Crippen molar-refractivity contribution in [3.05, 3.63) is 53.6 Å². The lowest BCUT2D eigenvalue weighted by Gasteiger charge is -2.38. The largest absolute Gasteiger partial charge is 0.486 e. The van der Waals surface area contributed by atoms with E-state index in [2.05, 4.69) is 0 Å². The third-order valence-electron chi connectivity index (χ3n) is 6.28. The van der Waals surface area contributed by atoms with Crippen molar-refractivity contribution in [2.45, 2.75) is 43.2 Å². The Morgan fingerprint density at radius 3 is 2.39 bits per heavy atom. The molecule has 5 rings (SSSR count). The molecule has 0 N–H and O–H groups in total. The van der Waals surface area contributed by atoms with Crippen LogP contribution in [-0.2, 0) is 27.8 Å². The third-order valence-corrected chi connectivity index (χ3v) is 8.13. The summed E-state index contributed by atoms with van der Waals surface area (Å²) in [5.74, 6) is 0.856. The number of likely N-dealkylation sites (tertiary alicyclic amines) is 1. The molecule has 1 fully saturated rings. The van der Waals surface area contributed by atoms with Crippen molar-refractivity contribution in [3.8, 4) is 11.5 Å². The average Bonchev–Trinajstić information content (AvgIpc) is 2.83. The summed E-state index contributed by atoms with van der Waals surface area (Å²) in [6.07, 6.45) is 3.42. The number of nitrogens with zero attached hydrogens (tertiary/aromatic N) is 2. The number of hydrogen-bond donors (Lipinski definition) is 0. The van der Waals surface area contributed by atoms with Crippen molar-refractivity contribution >= 4 is 15.9 Å². The van der Waals surface area contributed by atoms with Gasteiger partial charge in [0.15, 0.2) is 11.5 Å². The van der Waals surface area contributed by atoms with Gasteiger partial charge in [-0.25, -0.2) is 8.42 Å². The Kier molecular flexibility index (Phi) is 5.35. The van der Waals surface area contributed by atoms with Crippen LogP contribution >= 0.6 is 0 Å². The molecule has 1 unspecified atom stereocenters. The zero-order chi connectivity index (χ0) is 21.4. The molecule has 0 aliphatic carbocycles. The lowest BCUT2D eigenvalue weighted by atomic mass is 9.94. The molecule has 1 saturated heterocycles. The summed E-state index contributed by atoms with van der Waals surface area (Å²) in [6, 6.07) is 11.7. The molecule has 3 aliphatic rings. The van der Waals surface area contributed by atoms with Gasteiger partial charge in [0.25, 0.3) is 0 Å². The first-order valence-electron chi connectivity index (χ1n) is 10.8. The van der Waals surface area contributed by atoms with Crippen molar-refractivity contribution in [2.24, 2.45) is 0 Å². The highest BCUT2D eigenvalue weighted by atomic mass is 32.2. The van der Waals surface area contributed by atoms with Crippen molar-refractivity contribution in [1.29, 1.82) is 0 Å². The maximum atomic E-state index is 13.7. The summed E-state index contributed by atoms with van der Waals surface area (Å²) in [4.78, 5) is 15.4. The van der Waals surface area contributed by atoms with Crippen LogP contribution in [0.3, 0.4) is 0 Å². The van der Waals surface area contributed by atoms with E-state index in [0.717, 1.165) is 30.4 Å². The van der Waals surface area contributed by atoms with Gasteiger partial charge in [-0.15, -0.1) is 0 Å². The van der Waals surface area contributed by atoms with Crippen LogP contribution in [0.15, 0.2) is 47.4 Å². The minimum atomic E-state index is -3.92. The van der Waals surface area contributed by atoms with Crippen molar-refractivity contribution in [2.75, 3.05) is 26.3 Å². The van der Waals surface area contributed by atoms with Crippen LogP contribution in [0.4, 0.5) is 0 Å². The van der Waals surface area contributed by atoms with E-state index in [1.54, 1.807) is 6.07 Å². The quantitative estimate of drug-likeness (QED) is 0.730. The minimum absolute atomic E-state index is 0.102. The Hall–Kier alpha value is -2.58. The number of piperidine rings is 1. The Morgan fingerprint density at radius 1 is 0.903 bits per heavy atom. The maximum Gasteiger partial charge on any atom is 0.244 e. The number of sulfonamides is 1. The van der Waals surface area contributed by atoms with E-state index in [-0.39, 0.29) is 17.3 Å². The van der Waals surface area contributed by atoms with Crippen LogP contribution < -0.4 is 9.47 Å². The van der Waals surface area contributed by atoms with Gasteiger partial charge in [0.05, 0.1) is 4.90 Å². The first kappa shape index (κ1) is 20.3. The van der Waals surface area contributed by atoms with E-state index >= 15 is 0 Å². The number of hydrogen-bond acceptors (Lipinski definition) is 5. The van der Waals surface area contributed by atoms with Crippen molar-refractivity contribution in [3.63, 3.8) is 0 Å². The molecule has 2 aromatic carbocycles. The number of amides is 1. The van der Waals surface area contributed by atoms with E-state index in [9.17, 15) is 13.2 Å². The average molecular weight is 443 g/mol. The highest BCUT2D eigenvalue weighted by molar-refractivity contribution is 7.89. The van der Waals surface area contributed by atoms with Crippen LogP contribution in [0.2, 0.25) is 0 Å². The Labute approximate surface area is 182 Å². The fourth-order valence-electron chi connectivity index (χ4n) is 4.61. The third kappa shape index (κ3) is 3.78. The van der Waals surface area contributed by atoms with Gasteiger partial charge in [0.2, 0.25) is 15.9 Å². The predicted molar refractivity (Wildman–Crippen MR) is 115 cm³/mol. The van der Waals surface area contributed by atoms with Crippen LogP contribution in [-0.4, -0.2) is 55.9 Å². The second kappa shape index (κ2) is 8.16. The fourth-order valence-corrected chi connectivity index (χ4v) is 6.18. The highest BCUT2D eigenvalue weighted by Gasteiger charge is 2.41. The van der Waals surface area contributed by atoms with Crippen LogP contribution in [0, 0.1) is 0 Å². The van der Waals surface area contributed by atoms with Crippen LogP contribution in [0.25, 0.3) is 0 Å². The molecule has 0 bridgehead atoms. The maximum absolute atomic E-state index is 13.7. The topological polar surface area (TPSA) is 76.2 Å². The van der Waals surface area contributed by atoms with Crippen LogP contribution in [0.5, 0.6) is 11.5 Å². The summed E-state index contributed by atoms with van der Waals surface area (Å²) in [6.45, 7) is 2.37.